The molecule has 0 spiro atoms. The number of ether oxygens (including phenoxy) is 1. The van der Waals surface area contributed by atoms with Gasteiger partial charge in [0.25, 0.3) is 0 Å². The monoisotopic (exact) mass is 316 g/mol. The zero-order chi connectivity index (χ0) is 17.1. The van der Waals surface area contributed by atoms with Gasteiger partial charge in [-0.1, -0.05) is 26.0 Å². The predicted octanol–water partition coefficient (Wildman–Crippen LogP) is 4.33. The summed E-state index contributed by atoms with van der Waals surface area (Å²) in [5.41, 5.74) is 11.3. The van der Waals surface area contributed by atoms with Gasteiger partial charge in [-0.05, 0) is 61.8 Å². The summed E-state index contributed by atoms with van der Waals surface area (Å²) in [6.45, 7) is 10.6. The smallest absolute Gasteiger partial charge is 0.0587 e. The molecule has 1 aromatic rings. The summed E-state index contributed by atoms with van der Waals surface area (Å²) in [6, 6.07) is 6.44. The Bertz CT molecular complexity index is 573. The lowest BCUT2D eigenvalue weighted by Gasteiger charge is -2.31. The quantitative estimate of drug-likeness (QED) is 0.606. The molecule has 128 valence electrons. The third-order valence-corrected chi connectivity index (χ3v) is 4.97. The van der Waals surface area contributed by atoms with E-state index in [-0.39, 0.29) is 5.54 Å². The molecular formula is C20H32N2O. The first-order valence-electron chi connectivity index (χ1n) is 8.58. The summed E-state index contributed by atoms with van der Waals surface area (Å²) < 4.78 is 5.14. The molecule has 1 aliphatic rings. The van der Waals surface area contributed by atoms with Crippen molar-refractivity contribution in [1.29, 1.82) is 0 Å². The first kappa shape index (κ1) is 18.0. The molecule has 0 amide bonds. The van der Waals surface area contributed by atoms with E-state index < -0.39 is 0 Å². The summed E-state index contributed by atoms with van der Waals surface area (Å²) >= 11 is 0. The van der Waals surface area contributed by atoms with Crippen LogP contribution in [0.2, 0.25) is 0 Å². The SMILES string of the molecule is COCCNC(C)(C)c1ccc(N)c(C2=CCC(C)(C)CC2)c1. The van der Waals surface area contributed by atoms with Gasteiger partial charge in [0, 0.05) is 30.4 Å². The second-order valence-electron chi connectivity index (χ2n) is 7.94. The van der Waals surface area contributed by atoms with Gasteiger partial charge in [-0.2, -0.15) is 0 Å². The van der Waals surface area contributed by atoms with Crippen molar-refractivity contribution in [2.75, 3.05) is 26.0 Å². The predicted molar refractivity (Wildman–Crippen MR) is 99.4 cm³/mol. The molecule has 3 nitrogen and oxygen atoms in total. The second-order valence-corrected chi connectivity index (χ2v) is 7.94. The lowest BCUT2D eigenvalue weighted by Crippen LogP contribution is -2.38. The minimum Gasteiger partial charge on any atom is -0.398 e. The maximum Gasteiger partial charge on any atom is 0.0587 e. The Morgan fingerprint density at radius 3 is 2.65 bits per heavy atom. The van der Waals surface area contributed by atoms with Crippen molar-refractivity contribution in [3.05, 3.63) is 35.4 Å². The highest BCUT2D eigenvalue weighted by Crippen LogP contribution is 2.40. The highest BCUT2D eigenvalue weighted by molar-refractivity contribution is 5.76. The topological polar surface area (TPSA) is 47.3 Å². The van der Waals surface area contributed by atoms with Crippen molar-refractivity contribution in [2.45, 2.75) is 52.5 Å². The maximum atomic E-state index is 6.27. The molecule has 0 unspecified atom stereocenters. The summed E-state index contributed by atoms with van der Waals surface area (Å²) in [6.07, 6.45) is 5.84. The number of nitrogen functional groups attached to an aromatic ring is 1. The fourth-order valence-corrected chi connectivity index (χ4v) is 3.11. The number of benzene rings is 1. The maximum absolute atomic E-state index is 6.27. The number of methoxy groups -OCH3 is 1. The lowest BCUT2D eigenvalue weighted by atomic mass is 9.76. The Kier molecular flexibility index (Phi) is 5.53. The van der Waals surface area contributed by atoms with Crippen molar-refractivity contribution in [3.63, 3.8) is 0 Å². The molecular weight excluding hydrogens is 284 g/mol. The van der Waals surface area contributed by atoms with Crippen molar-refractivity contribution in [2.24, 2.45) is 5.41 Å². The third-order valence-electron chi connectivity index (χ3n) is 4.97. The van der Waals surface area contributed by atoms with Gasteiger partial charge in [0.05, 0.1) is 6.61 Å². The molecule has 3 heteroatoms. The van der Waals surface area contributed by atoms with Crippen LogP contribution in [0.25, 0.3) is 5.57 Å². The molecule has 3 N–H and O–H groups in total. The van der Waals surface area contributed by atoms with Gasteiger partial charge in [-0.3, -0.25) is 0 Å². The number of nitrogens with one attached hydrogen (secondary N) is 1. The molecule has 2 rings (SSSR count). The highest BCUT2D eigenvalue weighted by atomic mass is 16.5. The normalized spacial score (nSPS) is 17.9. The van der Waals surface area contributed by atoms with E-state index in [1.165, 1.54) is 23.1 Å². The summed E-state index contributed by atoms with van der Waals surface area (Å²) in [5.74, 6) is 0. The molecule has 0 saturated carbocycles. The zero-order valence-electron chi connectivity index (χ0n) is 15.3. The second kappa shape index (κ2) is 7.06. The van der Waals surface area contributed by atoms with Gasteiger partial charge in [-0.25, -0.2) is 0 Å². The van der Waals surface area contributed by atoms with Crippen molar-refractivity contribution in [3.8, 4) is 0 Å². The van der Waals surface area contributed by atoms with E-state index >= 15 is 0 Å². The first-order valence-corrected chi connectivity index (χ1v) is 8.58. The molecule has 0 heterocycles. The van der Waals surface area contributed by atoms with Crippen LogP contribution in [0.15, 0.2) is 24.3 Å². The van der Waals surface area contributed by atoms with E-state index in [2.05, 4.69) is 51.2 Å². The molecule has 0 radical (unpaired) electrons. The van der Waals surface area contributed by atoms with Gasteiger partial charge >= 0.3 is 0 Å². The number of hydrogen-bond acceptors (Lipinski definition) is 3. The Hall–Kier alpha value is -1.32. The summed E-state index contributed by atoms with van der Waals surface area (Å²) in [4.78, 5) is 0. The standard InChI is InChI=1S/C20H32N2O/c1-19(2)10-8-15(9-11-19)17-14-16(6-7-18(17)21)20(3,4)22-12-13-23-5/h6-8,14,22H,9-13,21H2,1-5H3. The lowest BCUT2D eigenvalue weighted by molar-refractivity contribution is 0.188. The molecule has 23 heavy (non-hydrogen) atoms. The Morgan fingerprint density at radius 2 is 2.04 bits per heavy atom. The van der Waals surface area contributed by atoms with Crippen LogP contribution in [0.5, 0.6) is 0 Å². The van der Waals surface area contributed by atoms with Crippen LogP contribution in [0.1, 0.15) is 58.1 Å². The van der Waals surface area contributed by atoms with Crippen molar-refractivity contribution in [1.82, 2.24) is 5.32 Å². The van der Waals surface area contributed by atoms with Crippen LogP contribution in [-0.2, 0) is 10.3 Å². The van der Waals surface area contributed by atoms with E-state index in [4.69, 9.17) is 10.5 Å². The Balaban J connectivity index is 2.24. The minimum absolute atomic E-state index is 0.102. The van der Waals surface area contributed by atoms with Crippen molar-refractivity contribution >= 4 is 11.3 Å². The van der Waals surface area contributed by atoms with E-state index in [0.29, 0.717) is 12.0 Å². The molecule has 0 atom stereocenters. The van der Waals surface area contributed by atoms with E-state index in [1.807, 2.05) is 6.07 Å². The van der Waals surface area contributed by atoms with Crippen molar-refractivity contribution < 1.29 is 4.74 Å². The van der Waals surface area contributed by atoms with Gasteiger partial charge < -0.3 is 15.8 Å². The summed E-state index contributed by atoms with van der Waals surface area (Å²) in [7, 11) is 1.73. The van der Waals surface area contributed by atoms with Gasteiger partial charge in [0.15, 0.2) is 0 Å². The van der Waals surface area contributed by atoms with E-state index in [1.54, 1.807) is 7.11 Å². The van der Waals surface area contributed by atoms with Gasteiger partial charge in [-0.15, -0.1) is 0 Å². The Labute approximate surface area is 141 Å². The van der Waals surface area contributed by atoms with Crippen LogP contribution in [0.4, 0.5) is 5.69 Å². The molecule has 0 aromatic heterocycles. The average Bonchev–Trinajstić information content (AvgIpc) is 2.48. The fraction of sp³-hybridized carbons (Fsp3) is 0.600. The molecule has 0 bridgehead atoms. The van der Waals surface area contributed by atoms with Crippen LogP contribution < -0.4 is 11.1 Å². The van der Waals surface area contributed by atoms with Crippen LogP contribution >= 0.6 is 0 Å². The van der Waals surface area contributed by atoms with Crippen LogP contribution in [0.3, 0.4) is 0 Å². The third kappa shape index (κ3) is 4.58. The molecule has 0 fully saturated rings. The Morgan fingerprint density at radius 1 is 1.30 bits per heavy atom. The van der Waals surface area contributed by atoms with E-state index in [0.717, 1.165) is 25.1 Å². The largest absolute Gasteiger partial charge is 0.398 e. The minimum atomic E-state index is -0.102. The number of rotatable bonds is 6. The van der Waals surface area contributed by atoms with Gasteiger partial charge in [0.1, 0.15) is 0 Å². The van der Waals surface area contributed by atoms with Gasteiger partial charge in [0.2, 0.25) is 0 Å². The zero-order valence-corrected chi connectivity index (χ0v) is 15.3. The number of allylic oxidation sites excluding steroid dienone is 2. The average molecular weight is 316 g/mol. The van der Waals surface area contributed by atoms with Crippen LogP contribution in [0, 0.1) is 5.41 Å². The molecule has 1 aliphatic carbocycles. The molecule has 0 saturated heterocycles. The fourth-order valence-electron chi connectivity index (χ4n) is 3.11. The summed E-state index contributed by atoms with van der Waals surface area (Å²) in [5, 5.41) is 3.55. The number of anilines is 1. The molecule has 1 aromatic carbocycles. The number of hydrogen-bond donors (Lipinski definition) is 2. The van der Waals surface area contributed by atoms with Crippen LogP contribution in [-0.4, -0.2) is 20.3 Å². The molecule has 0 aliphatic heterocycles. The number of nitrogens with two attached hydrogens (primary N) is 1. The highest BCUT2D eigenvalue weighted by Gasteiger charge is 2.25. The first-order chi connectivity index (χ1) is 10.7. The van der Waals surface area contributed by atoms with E-state index in [9.17, 15) is 0 Å².